The SMILES string of the molecule is Fc1ccnc(C#CCCCl)c1. The molecule has 0 saturated carbocycles. The first-order valence-electron chi connectivity index (χ1n) is 3.49. The Morgan fingerprint density at radius 2 is 2.42 bits per heavy atom. The summed E-state index contributed by atoms with van der Waals surface area (Å²) >= 11 is 5.40. The van der Waals surface area contributed by atoms with Crippen molar-refractivity contribution < 1.29 is 4.39 Å². The maximum absolute atomic E-state index is 12.5. The van der Waals surface area contributed by atoms with Crippen molar-refractivity contribution in [3.63, 3.8) is 0 Å². The predicted octanol–water partition coefficient (Wildman–Crippen LogP) is 2.20. The molecule has 0 radical (unpaired) electrons. The highest BCUT2D eigenvalue weighted by Gasteiger charge is 1.90. The van der Waals surface area contributed by atoms with E-state index < -0.39 is 0 Å². The lowest BCUT2D eigenvalue weighted by molar-refractivity contribution is 0.625. The summed E-state index contributed by atoms with van der Waals surface area (Å²) in [4.78, 5) is 3.85. The van der Waals surface area contributed by atoms with Gasteiger partial charge in [0.15, 0.2) is 0 Å². The van der Waals surface area contributed by atoms with E-state index in [1.807, 2.05) is 0 Å². The van der Waals surface area contributed by atoms with E-state index in [0.29, 0.717) is 18.0 Å². The summed E-state index contributed by atoms with van der Waals surface area (Å²) < 4.78 is 12.5. The quantitative estimate of drug-likeness (QED) is 0.481. The number of pyridine rings is 1. The zero-order valence-electron chi connectivity index (χ0n) is 6.35. The molecule has 0 fully saturated rings. The fourth-order valence-electron chi connectivity index (χ4n) is 0.673. The Labute approximate surface area is 75.6 Å². The van der Waals surface area contributed by atoms with Crippen LogP contribution in [0.1, 0.15) is 12.1 Å². The van der Waals surface area contributed by atoms with E-state index in [9.17, 15) is 4.39 Å². The molecule has 0 atom stereocenters. The summed E-state index contributed by atoms with van der Waals surface area (Å²) in [6.45, 7) is 0. The molecule has 0 bridgehead atoms. The minimum absolute atomic E-state index is 0.319. The van der Waals surface area contributed by atoms with Gasteiger partial charge in [0.2, 0.25) is 0 Å². The third-order valence-corrected chi connectivity index (χ3v) is 1.35. The van der Waals surface area contributed by atoms with Gasteiger partial charge in [0, 0.05) is 24.6 Å². The fraction of sp³-hybridized carbons (Fsp3) is 0.222. The lowest BCUT2D eigenvalue weighted by Crippen LogP contribution is -1.82. The Bertz CT molecular complexity index is 314. The zero-order valence-corrected chi connectivity index (χ0v) is 7.11. The standard InChI is InChI=1S/C9H7ClFN/c10-5-2-1-3-9-7-8(11)4-6-12-9/h4,6-7H,2,5H2. The van der Waals surface area contributed by atoms with Crippen LogP contribution in [0.4, 0.5) is 4.39 Å². The van der Waals surface area contributed by atoms with Crippen molar-refractivity contribution in [2.75, 3.05) is 5.88 Å². The molecule has 1 rings (SSSR count). The molecule has 0 aromatic carbocycles. The van der Waals surface area contributed by atoms with Crippen LogP contribution in [-0.4, -0.2) is 10.9 Å². The van der Waals surface area contributed by atoms with Crippen molar-refractivity contribution in [2.24, 2.45) is 0 Å². The van der Waals surface area contributed by atoms with E-state index >= 15 is 0 Å². The van der Waals surface area contributed by atoms with Crippen molar-refractivity contribution in [3.05, 3.63) is 29.8 Å². The van der Waals surface area contributed by atoms with Crippen LogP contribution in [0.3, 0.4) is 0 Å². The number of aromatic nitrogens is 1. The molecule has 1 aromatic rings. The molecule has 0 unspecified atom stereocenters. The summed E-state index contributed by atoms with van der Waals surface area (Å²) in [5, 5.41) is 0. The number of hydrogen-bond acceptors (Lipinski definition) is 1. The van der Waals surface area contributed by atoms with Crippen LogP contribution in [-0.2, 0) is 0 Å². The van der Waals surface area contributed by atoms with Gasteiger partial charge < -0.3 is 0 Å². The lowest BCUT2D eigenvalue weighted by atomic mass is 10.3. The third-order valence-electron chi connectivity index (χ3n) is 1.16. The van der Waals surface area contributed by atoms with E-state index in [4.69, 9.17) is 11.6 Å². The lowest BCUT2D eigenvalue weighted by Gasteiger charge is -1.87. The average molecular weight is 184 g/mol. The summed E-state index contributed by atoms with van der Waals surface area (Å²) in [5.41, 5.74) is 0.445. The van der Waals surface area contributed by atoms with Gasteiger partial charge in [0.25, 0.3) is 0 Å². The van der Waals surface area contributed by atoms with Gasteiger partial charge in [-0.2, -0.15) is 0 Å². The van der Waals surface area contributed by atoms with Crippen molar-refractivity contribution in [1.29, 1.82) is 0 Å². The fourth-order valence-corrected chi connectivity index (χ4v) is 0.768. The van der Waals surface area contributed by atoms with E-state index in [1.165, 1.54) is 18.3 Å². The Morgan fingerprint density at radius 3 is 3.08 bits per heavy atom. The monoisotopic (exact) mass is 183 g/mol. The molecule has 1 heterocycles. The van der Waals surface area contributed by atoms with Crippen LogP contribution >= 0.6 is 11.6 Å². The first kappa shape index (κ1) is 9.02. The van der Waals surface area contributed by atoms with Crippen LogP contribution in [0.25, 0.3) is 0 Å². The van der Waals surface area contributed by atoms with Crippen LogP contribution in [0.2, 0.25) is 0 Å². The van der Waals surface area contributed by atoms with E-state index in [-0.39, 0.29) is 5.82 Å². The highest BCUT2D eigenvalue weighted by Crippen LogP contribution is 1.97. The summed E-state index contributed by atoms with van der Waals surface area (Å²) in [7, 11) is 0. The number of nitrogens with zero attached hydrogens (tertiary/aromatic N) is 1. The first-order chi connectivity index (χ1) is 5.83. The van der Waals surface area contributed by atoms with Crippen LogP contribution < -0.4 is 0 Å². The van der Waals surface area contributed by atoms with Crippen LogP contribution in [0.5, 0.6) is 0 Å². The molecular weight excluding hydrogens is 177 g/mol. The van der Waals surface area contributed by atoms with E-state index in [2.05, 4.69) is 16.8 Å². The van der Waals surface area contributed by atoms with Gasteiger partial charge in [-0.3, -0.25) is 0 Å². The van der Waals surface area contributed by atoms with E-state index in [1.54, 1.807) is 0 Å². The summed E-state index contributed by atoms with van der Waals surface area (Å²) in [6, 6.07) is 2.58. The van der Waals surface area contributed by atoms with E-state index in [0.717, 1.165) is 0 Å². The van der Waals surface area contributed by atoms with Gasteiger partial charge in [-0.05, 0) is 12.0 Å². The maximum Gasteiger partial charge on any atom is 0.127 e. The molecule has 0 N–H and O–H groups in total. The minimum Gasteiger partial charge on any atom is -0.248 e. The Morgan fingerprint density at radius 1 is 1.58 bits per heavy atom. The van der Waals surface area contributed by atoms with Gasteiger partial charge in [-0.25, -0.2) is 9.37 Å². The van der Waals surface area contributed by atoms with Gasteiger partial charge >= 0.3 is 0 Å². The Hall–Kier alpha value is -1.07. The largest absolute Gasteiger partial charge is 0.248 e. The first-order valence-corrected chi connectivity index (χ1v) is 4.03. The Balaban J connectivity index is 2.71. The van der Waals surface area contributed by atoms with Crippen molar-refractivity contribution in [2.45, 2.75) is 6.42 Å². The number of hydrogen-bond donors (Lipinski definition) is 0. The topological polar surface area (TPSA) is 12.9 Å². The highest BCUT2D eigenvalue weighted by atomic mass is 35.5. The smallest absolute Gasteiger partial charge is 0.127 e. The summed E-state index contributed by atoms with van der Waals surface area (Å²) in [5.74, 6) is 5.64. The van der Waals surface area contributed by atoms with Gasteiger partial charge in [0.05, 0.1) is 0 Å². The van der Waals surface area contributed by atoms with Crippen LogP contribution in [0.15, 0.2) is 18.3 Å². The molecule has 1 nitrogen and oxygen atoms in total. The third kappa shape index (κ3) is 2.89. The second-order valence-corrected chi connectivity index (χ2v) is 2.48. The molecule has 0 saturated heterocycles. The van der Waals surface area contributed by atoms with Crippen molar-refractivity contribution in [3.8, 4) is 11.8 Å². The minimum atomic E-state index is -0.319. The second-order valence-electron chi connectivity index (χ2n) is 2.10. The molecular formula is C9H7ClFN. The van der Waals surface area contributed by atoms with Crippen LogP contribution in [0, 0.1) is 17.7 Å². The number of halogens is 2. The molecule has 0 amide bonds. The second kappa shape index (κ2) is 4.74. The summed E-state index contributed by atoms with van der Waals surface area (Å²) in [6.07, 6.45) is 1.99. The van der Waals surface area contributed by atoms with Crippen molar-refractivity contribution >= 4 is 11.6 Å². The average Bonchev–Trinajstić information content (AvgIpc) is 2.05. The molecule has 0 aliphatic carbocycles. The Kier molecular flexibility index (Phi) is 3.56. The van der Waals surface area contributed by atoms with Gasteiger partial charge in [-0.15, -0.1) is 11.6 Å². The normalized spacial score (nSPS) is 8.83. The molecule has 1 aromatic heterocycles. The molecule has 0 aliphatic rings. The molecule has 3 heteroatoms. The molecule has 0 spiro atoms. The number of rotatable bonds is 1. The number of alkyl halides is 1. The maximum atomic E-state index is 12.5. The molecule has 62 valence electrons. The molecule has 12 heavy (non-hydrogen) atoms. The van der Waals surface area contributed by atoms with Gasteiger partial charge in [0.1, 0.15) is 11.5 Å². The van der Waals surface area contributed by atoms with Gasteiger partial charge in [-0.1, -0.05) is 5.92 Å². The molecule has 0 aliphatic heterocycles. The zero-order chi connectivity index (χ0) is 8.81. The predicted molar refractivity (Wildman–Crippen MR) is 46.4 cm³/mol. The van der Waals surface area contributed by atoms with Crippen molar-refractivity contribution in [1.82, 2.24) is 4.98 Å². The highest BCUT2D eigenvalue weighted by molar-refractivity contribution is 6.18.